The number of ether oxygens (including phenoxy) is 1. The summed E-state index contributed by atoms with van der Waals surface area (Å²) >= 11 is 3.30. The molecule has 0 radical (unpaired) electrons. The fourth-order valence-electron chi connectivity index (χ4n) is 2.18. The van der Waals surface area contributed by atoms with E-state index >= 15 is 0 Å². The highest BCUT2D eigenvalue weighted by molar-refractivity contribution is 9.10. The molecule has 0 fully saturated rings. The number of anilines is 1. The van der Waals surface area contributed by atoms with Crippen LogP contribution in [-0.2, 0) is 13.0 Å². The number of carbonyl (C=O) groups is 1. The van der Waals surface area contributed by atoms with Crippen LogP contribution < -0.4 is 10.1 Å². The molecule has 0 bridgehead atoms. The lowest BCUT2D eigenvalue weighted by atomic mass is 10.2. The number of carbonyl (C=O) groups excluding carboxylic acids is 1. The van der Waals surface area contributed by atoms with Crippen LogP contribution in [0.25, 0.3) is 0 Å². The van der Waals surface area contributed by atoms with Crippen LogP contribution in [0.4, 0.5) is 5.82 Å². The van der Waals surface area contributed by atoms with Gasteiger partial charge in [0.1, 0.15) is 23.9 Å². The van der Waals surface area contributed by atoms with Gasteiger partial charge in [-0.1, -0.05) is 19.1 Å². The molecule has 0 spiro atoms. The van der Waals surface area contributed by atoms with E-state index in [1.165, 1.54) is 5.56 Å². The number of furan rings is 1. The van der Waals surface area contributed by atoms with Crippen molar-refractivity contribution in [1.82, 2.24) is 4.98 Å². The third kappa shape index (κ3) is 4.70. The van der Waals surface area contributed by atoms with Gasteiger partial charge in [0.15, 0.2) is 5.76 Å². The maximum Gasteiger partial charge on any atom is 0.292 e. The Morgan fingerprint density at radius 2 is 1.96 bits per heavy atom. The number of benzene rings is 1. The Morgan fingerprint density at radius 1 is 1.16 bits per heavy atom. The number of aryl methyl sites for hydroxylation is 1. The minimum Gasteiger partial charge on any atom is -0.486 e. The Hall–Kier alpha value is -2.60. The summed E-state index contributed by atoms with van der Waals surface area (Å²) in [7, 11) is 0. The van der Waals surface area contributed by atoms with E-state index in [-0.39, 0.29) is 18.3 Å². The van der Waals surface area contributed by atoms with E-state index in [1.807, 2.05) is 24.3 Å². The Bertz CT molecular complexity index is 842. The highest BCUT2D eigenvalue weighted by Gasteiger charge is 2.12. The van der Waals surface area contributed by atoms with Gasteiger partial charge in [0.25, 0.3) is 5.91 Å². The molecule has 25 heavy (non-hydrogen) atoms. The van der Waals surface area contributed by atoms with Crippen molar-refractivity contribution in [2.45, 2.75) is 20.0 Å². The van der Waals surface area contributed by atoms with Crippen molar-refractivity contribution in [3.63, 3.8) is 0 Å². The van der Waals surface area contributed by atoms with E-state index in [0.717, 1.165) is 16.6 Å². The van der Waals surface area contributed by atoms with Crippen LogP contribution in [0.2, 0.25) is 0 Å². The molecule has 6 heteroatoms. The first-order valence-electron chi connectivity index (χ1n) is 7.87. The molecule has 0 aliphatic carbocycles. The second-order valence-corrected chi connectivity index (χ2v) is 6.28. The van der Waals surface area contributed by atoms with Crippen molar-refractivity contribution in [3.8, 4) is 5.75 Å². The summed E-state index contributed by atoms with van der Waals surface area (Å²) < 4.78 is 12.0. The zero-order chi connectivity index (χ0) is 17.6. The van der Waals surface area contributed by atoms with Crippen molar-refractivity contribution >= 4 is 27.7 Å². The average molecular weight is 401 g/mol. The Morgan fingerprint density at radius 3 is 2.64 bits per heavy atom. The van der Waals surface area contributed by atoms with Gasteiger partial charge in [-0.3, -0.25) is 4.79 Å². The molecule has 0 saturated heterocycles. The molecule has 0 atom stereocenters. The van der Waals surface area contributed by atoms with E-state index in [2.05, 4.69) is 33.2 Å². The molecular weight excluding hydrogens is 384 g/mol. The average Bonchev–Trinajstić information content (AvgIpc) is 3.11. The zero-order valence-electron chi connectivity index (χ0n) is 13.7. The van der Waals surface area contributed by atoms with Gasteiger partial charge in [-0.05, 0) is 64.3 Å². The molecule has 1 N–H and O–H groups in total. The highest BCUT2D eigenvalue weighted by Crippen LogP contribution is 2.17. The molecule has 3 aromatic rings. The second kappa shape index (κ2) is 7.98. The van der Waals surface area contributed by atoms with Gasteiger partial charge in [-0.15, -0.1) is 0 Å². The van der Waals surface area contributed by atoms with Crippen molar-refractivity contribution in [3.05, 3.63) is 76.3 Å². The predicted molar refractivity (Wildman–Crippen MR) is 98.8 cm³/mol. The second-order valence-electron chi connectivity index (χ2n) is 5.37. The predicted octanol–water partition coefficient (Wildman–Crippen LogP) is 4.83. The SMILES string of the molecule is CCc1ccc(OCc2ccc(C(=O)Nc3ccc(Br)cn3)o2)cc1. The number of amides is 1. The zero-order valence-corrected chi connectivity index (χ0v) is 15.2. The molecular formula is C19H17BrN2O3. The van der Waals surface area contributed by atoms with Crippen LogP contribution in [0, 0.1) is 0 Å². The van der Waals surface area contributed by atoms with Gasteiger partial charge < -0.3 is 14.5 Å². The van der Waals surface area contributed by atoms with Crippen LogP contribution in [-0.4, -0.2) is 10.9 Å². The van der Waals surface area contributed by atoms with Crippen molar-refractivity contribution in [2.24, 2.45) is 0 Å². The van der Waals surface area contributed by atoms with Gasteiger partial charge >= 0.3 is 0 Å². The molecule has 5 nitrogen and oxygen atoms in total. The first-order chi connectivity index (χ1) is 12.1. The first-order valence-corrected chi connectivity index (χ1v) is 8.66. The third-order valence-corrected chi connectivity index (χ3v) is 4.04. The number of hydrogen-bond donors (Lipinski definition) is 1. The molecule has 1 aromatic carbocycles. The van der Waals surface area contributed by atoms with Crippen molar-refractivity contribution < 1.29 is 13.9 Å². The molecule has 128 valence electrons. The van der Waals surface area contributed by atoms with E-state index in [1.54, 1.807) is 30.5 Å². The number of nitrogens with zero attached hydrogens (tertiary/aromatic N) is 1. The summed E-state index contributed by atoms with van der Waals surface area (Å²) in [6, 6.07) is 14.8. The molecule has 0 saturated carbocycles. The maximum atomic E-state index is 12.2. The third-order valence-electron chi connectivity index (χ3n) is 3.57. The summed E-state index contributed by atoms with van der Waals surface area (Å²) in [4.78, 5) is 16.3. The van der Waals surface area contributed by atoms with Gasteiger partial charge in [-0.25, -0.2) is 4.98 Å². The summed E-state index contributed by atoms with van der Waals surface area (Å²) in [6.45, 7) is 2.37. The Labute approximate surface area is 154 Å². The molecule has 0 aliphatic rings. The minimum absolute atomic E-state index is 0.213. The van der Waals surface area contributed by atoms with E-state index in [9.17, 15) is 4.79 Å². The highest BCUT2D eigenvalue weighted by atomic mass is 79.9. The van der Waals surface area contributed by atoms with Crippen LogP contribution >= 0.6 is 15.9 Å². The number of aromatic nitrogens is 1. The monoisotopic (exact) mass is 400 g/mol. The van der Waals surface area contributed by atoms with E-state index in [0.29, 0.717) is 11.6 Å². The van der Waals surface area contributed by atoms with Gasteiger partial charge in [0.05, 0.1) is 0 Å². The lowest BCUT2D eigenvalue weighted by Crippen LogP contribution is -2.11. The molecule has 0 aliphatic heterocycles. The largest absolute Gasteiger partial charge is 0.486 e. The van der Waals surface area contributed by atoms with Crippen LogP contribution in [0.15, 0.2) is 63.6 Å². The molecule has 1 amide bonds. The summed E-state index contributed by atoms with van der Waals surface area (Å²) in [6.07, 6.45) is 2.60. The van der Waals surface area contributed by atoms with Gasteiger partial charge in [0, 0.05) is 10.7 Å². The quantitative estimate of drug-likeness (QED) is 0.643. The molecule has 0 unspecified atom stereocenters. The first kappa shape index (κ1) is 17.2. The molecule has 2 heterocycles. The summed E-state index contributed by atoms with van der Waals surface area (Å²) in [5.41, 5.74) is 1.26. The van der Waals surface area contributed by atoms with Gasteiger partial charge in [0.2, 0.25) is 0 Å². The van der Waals surface area contributed by atoms with E-state index in [4.69, 9.17) is 9.15 Å². The van der Waals surface area contributed by atoms with Crippen molar-refractivity contribution in [2.75, 3.05) is 5.32 Å². The van der Waals surface area contributed by atoms with Crippen LogP contribution in [0.3, 0.4) is 0 Å². The Kier molecular flexibility index (Phi) is 5.50. The minimum atomic E-state index is -0.353. The number of pyridine rings is 1. The normalized spacial score (nSPS) is 10.5. The standard InChI is InChI=1S/C19H17BrN2O3/c1-2-13-3-6-15(7-4-13)24-12-16-8-9-17(25-16)19(23)22-18-10-5-14(20)11-21-18/h3-11H,2,12H2,1H3,(H,21,22,23). The summed E-state index contributed by atoms with van der Waals surface area (Å²) in [5, 5.41) is 2.68. The lowest BCUT2D eigenvalue weighted by Gasteiger charge is -2.05. The number of nitrogens with one attached hydrogen (secondary N) is 1. The number of rotatable bonds is 6. The van der Waals surface area contributed by atoms with Crippen LogP contribution in [0.1, 0.15) is 28.8 Å². The maximum absolute atomic E-state index is 12.2. The topological polar surface area (TPSA) is 64.4 Å². The fourth-order valence-corrected chi connectivity index (χ4v) is 2.42. The summed E-state index contributed by atoms with van der Waals surface area (Å²) in [5.74, 6) is 1.66. The molecule has 2 aromatic heterocycles. The Balaban J connectivity index is 1.57. The van der Waals surface area contributed by atoms with Crippen LogP contribution in [0.5, 0.6) is 5.75 Å². The number of halogens is 1. The number of hydrogen-bond acceptors (Lipinski definition) is 4. The molecule has 3 rings (SSSR count). The lowest BCUT2D eigenvalue weighted by molar-refractivity contribution is 0.0992. The fraction of sp³-hybridized carbons (Fsp3) is 0.158. The van der Waals surface area contributed by atoms with Crippen molar-refractivity contribution in [1.29, 1.82) is 0 Å². The van der Waals surface area contributed by atoms with Gasteiger partial charge in [-0.2, -0.15) is 0 Å². The smallest absolute Gasteiger partial charge is 0.292 e. The van der Waals surface area contributed by atoms with E-state index < -0.39 is 0 Å².